The number of aryl methyl sites for hydroxylation is 1. The molecule has 3 aromatic heterocycles. The summed E-state index contributed by atoms with van der Waals surface area (Å²) >= 11 is 0. The van der Waals surface area contributed by atoms with E-state index >= 15 is 0 Å². The van der Waals surface area contributed by atoms with Gasteiger partial charge in [0, 0.05) is 5.39 Å². The summed E-state index contributed by atoms with van der Waals surface area (Å²) in [6, 6.07) is 22.9. The van der Waals surface area contributed by atoms with Crippen molar-refractivity contribution in [3.05, 3.63) is 96.0 Å². The number of hydrogen-bond donors (Lipinski definition) is 1. The lowest BCUT2D eigenvalue weighted by molar-refractivity contribution is 0.102. The van der Waals surface area contributed by atoms with Crippen LogP contribution in [0.15, 0.2) is 83.5 Å². The Morgan fingerprint density at radius 3 is 2.65 bits per heavy atom. The minimum Gasteiger partial charge on any atom is -0.460 e. The maximum absolute atomic E-state index is 13.3. The third kappa shape index (κ3) is 3.81. The Bertz CT molecular complexity index is 1370. The second-order valence-corrected chi connectivity index (χ2v) is 7.20. The Kier molecular flexibility index (Phi) is 4.76. The zero-order valence-electron chi connectivity index (χ0n) is 16.8. The Hall–Kier alpha value is -4.26. The molecule has 0 unspecified atom stereocenters. The third-order valence-electron chi connectivity index (χ3n) is 4.99. The third-order valence-corrected chi connectivity index (χ3v) is 4.99. The van der Waals surface area contributed by atoms with E-state index in [9.17, 15) is 4.79 Å². The van der Waals surface area contributed by atoms with Gasteiger partial charge in [-0.15, -0.1) is 10.2 Å². The summed E-state index contributed by atoms with van der Waals surface area (Å²) < 4.78 is 7.52. The lowest BCUT2D eigenvalue weighted by Gasteiger charge is -2.11. The van der Waals surface area contributed by atoms with E-state index in [1.807, 2.05) is 73.7 Å². The molecular weight excluding hydrogens is 390 g/mol. The van der Waals surface area contributed by atoms with Crippen LogP contribution in [0, 0.1) is 6.92 Å². The number of nitrogens with one attached hydrogen (secondary N) is 1. The smallest absolute Gasteiger partial charge is 0.258 e. The first-order valence-electron chi connectivity index (χ1n) is 9.87. The van der Waals surface area contributed by atoms with E-state index in [0.717, 1.165) is 16.7 Å². The van der Waals surface area contributed by atoms with Crippen molar-refractivity contribution in [3.8, 4) is 11.5 Å². The highest BCUT2D eigenvalue weighted by molar-refractivity contribution is 6.12. The number of rotatable bonds is 5. The molecule has 2 aromatic carbocycles. The fourth-order valence-electron chi connectivity index (χ4n) is 3.48. The first kappa shape index (κ1) is 18.7. The summed E-state index contributed by atoms with van der Waals surface area (Å²) in [5.41, 5.74) is 2.89. The molecule has 152 valence electrons. The monoisotopic (exact) mass is 409 g/mol. The first-order valence-corrected chi connectivity index (χ1v) is 9.87. The normalized spacial score (nSPS) is 11.0. The number of nitrogens with zero attached hydrogens (tertiary/aromatic N) is 4. The minimum atomic E-state index is -0.287. The predicted octanol–water partition coefficient (Wildman–Crippen LogP) is 4.70. The van der Waals surface area contributed by atoms with E-state index in [4.69, 9.17) is 4.42 Å². The van der Waals surface area contributed by atoms with Gasteiger partial charge in [-0.1, -0.05) is 48.5 Å². The van der Waals surface area contributed by atoms with Crippen LogP contribution in [0.5, 0.6) is 0 Å². The second kappa shape index (κ2) is 7.87. The van der Waals surface area contributed by atoms with Crippen LogP contribution in [0.1, 0.15) is 21.7 Å². The lowest BCUT2D eigenvalue weighted by Crippen LogP contribution is -2.17. The molecule has 0 saturated heterocycles. The van der Waals surface area contributed by atoms with Crippen molar-refractivity contribution in [2.75, 3.05) is 5.32 Å². The van der Waals surface area contributed by atoms with Crippen molar-refractivity contribution in [2.24, 2.45) is 0 Å². The van der Waals surface area contributed by atoms with Crippen LogP contribution >= 0.6 is 0 Å². The molecule has 0 aliphatic carbocycles. The van der Waals surface area contributed by atoms with Crippen molar-refractivity contribution < 1.29 is 9.21 Å². The predicted molar refractivity (Wildman–Crippen MR) is 118 cm³/mol. The van der Waals surface area contributed by atoms with Gasteiger partial charge in [0.1, 0.15) is 17.8 Å². The van der Waals surface area contributed by atoms with E-state index in [0.29, 0.717) is 35.0 Å². The zero-order chi connectivity index (χ0) is 21.2. The topological polar surface area (TPSA) is 85.8 Å². The van der Waals surface area contributed by atoms with E-state index in [2.05, 4.69) is 20.5 Å². The Morgan fingerprint density at radius 2 is 1.84 bits per heavy atom. The highest BCUT2D eigenvalue weighted by Crippen LogP contribution is 2.26. The Balaban J connectivity index is 1.50. The lowest BCUT2D eigenvalue weighted by atomic mass is 10.1. The number of hydrogen-bond acceptors (Lipinski definition) is 5. The number of pyridine rings is 1. The fraction of sp³-hybridized carbons (Fsp3) is 0.0833. The summed E-state index contributed by atoms with van der Waals surface area (Å²) in [5.74, 6) is 1.49. The molecule has 0 saturated carbocycles. The number of carbonyl (C=O) groups is 1. The molecular formula is C24H19N5O2. The van der Waals surface area contributed by atoms with Crippen LogP contribution in [0.3, 0.4) is 0 Å². The molecule has 5 rings (SSSR count). The number of furan rings is 1. The van der Waals surface area contributed by atoms with E-state index in [-0.39, 0.29) is 5.91 Å². The fourth-order valence-corrected chi connectivity index (χ4v) is 3.48. The van der Waals surface area contributed by atoms with Gasteiger partial charge in [0.15, 0.2) is 5.76 Å². The Morgan fingerprint density at radius 1 is 1.03 bits per heavy atom. The number of para-hydroxylation sites is 1. The highest BCUT2D eigenvalue weighted by atomic mass is 16.3. The van der Waals surface area contributed by atoms with Crippen LogP contribution < -0.4 is 5.32 Å². The number of aromatic nitrogens is 4. The van der Waals surface area contributed by atoms with E-state index < -0.39 is 0 Å². The van der Waals surface area contributed by atoms with Gasteiger partial charge in [-0.05, 0) is 36.8 Å². The van der Waals surface area contributed by atoms with Gasteiger partial charge in [-0.2, -0.15) is 0 Å². The molecule has 31 heavy (non-hydrogen) atoms. The van der Waals surface area contributed by atoms with Crippen LogP contribution in [-0.2, 0) is 6.54 Å². The van der Waals surface area contributed by atoms with Gasteiger partial charge in [0.25, 0.3) is 5.91 Å². The molecule has 7 nitrogen and oxygen atoms in total. The van der Waals surface area contributed by atoms with Crippen LogP contribution in [0.25, 0.3) is 22.4 Å². The van der Waals surface area contributed by atoms with E-state index in [1.165, 1.54) is 0 Å². The number of amides is 1. The summed E-state index contributed by atoms with van der Waals surface area (Å²) in [6.07, 6.45) is 1.60. The van der Waals surface area contributed by atoms with Gasteiger partial charge < -0.3 is 4.42 Å². The van der Waals surface area contributed by atoms with Crippen molar-refractivity contribution in [2.45, 2.75) is 13.5 Å². The van der Waals surface area contributed by atoms with Crippen molar-refractivity contribution in [3.63, 3.8) is 0 Å². The number of fused-ring (bicyclic) bond motifs is 1. The van der Waals surface area contributed by atoms with Gasteiger partial charge in [-0.3, -0.25) is 14.7 Å². The SMILES string of the molecule is Cc1ccc(-c2cc(C(=O)Nc3nncn3Cc3ccccc3)c3ccccc3n2)o1. The van der Waals surface area contributed by atoms with E-state index in [1.54, 1.807) is 17.0 Å². The quantitative estimate of drug-likeness (QED) is 0.455. The maximum Gasteiger partial charge on any atom is 0.258 e. The average Bonchev–Trinajstić information content (AvgIpc) is 3.42. The van der Waals surface area contributed by atoms with Gasteiger partial charge in [-0.25, -0.2) is 4.98 Å². The summed E-state index contributed by atoms with van der Waals surface area (Å²) in [4.78, 5) is 17.9. The minimum absolute atomic E-state index is 0.287. The van der Waals surface area contributed by atoms with Gasteiger partial charge in [0.05, 0.1) is 17.6 Å². The molecule has 5 aromatic rings. The number of anilines is 1. The largest absolute Gasteiger partial charge is 0.460 e. The Labute approximate surface area is 178 Å². The first-order chi connectivity index (χ1) is 15.2. The molecule has 7 heteroatoms. The van der Waals surface area contributed by atoms with Crippen molar-refractivity contribution >= 4 is 22.8 Å². The molecule has 0 atom stereocenters. The summed E-state index contributed by atoms with van der Waals surface area (Å²) in [7, 11) is 0. The van der Waals surface area contributed by atoms with Crippen LogP contribution in [-0.4, -0.2) is 25.7 Å². The number of carbonyl (C=O) groups excluding carboxylic acids is 1. The molecule has 0 radical (unpaired) electrons. The molecule has 0 fully saturated rings. The molecule has 0 aliphatic heterocycles. The molecule has 0 spiro atoms. The summed E-state index contributed by atoms with van der Waals surface area (Å²) in [5, 5.41) is 11.7. The van der Waals surface area contributed by atoms with Gasteiger partial charge in [0.2, 0.25) is 5.95 Å². The zero-order valence-corrected chi connectivity index (χ0v) is 16.8. The standard InChI is InChI=1S/C24H19N5O2/c1-16-11-12-22(31-16)21-13-19(18-9-5-6-10-20(18)26-21)23(30)27-24-28-25-15-29(24)14-17-7-3-2-4-8-17/h2-13,15H,14H2,1H3,(H,27,28,30). The molecule has 0 bridgehead atoms. The summed E-state index contributed by atoms with van der Waals surface area (Å²) in [6.45, 7) is 2.43. The van der Waals surface area contributed by atoms with Crippen LogP contribution in [0.4, 0.5) is 5.95 Å². The average molecular weight is 409 g/mol. The number of benzene rings is 2. The second-order valence-electron chi connectivity index (χ2n) is 7.20. The van der Waals surface area contributed by atoms with Crippen molar-refractivity contribution in [1.29, 1.82) is 0 Å². The molecule has 1 amide bonds. The molecule has 3 heterocycles. The molecule has 1 N–H and O–H groups in total. The van der Waals surface area contributed by atoms with Gasteiger partial charge >= 0.3 is 0 Å². The molecule has 0 aliphatic rings. The maximum atomic E-state index is 13.3. The van der Waals surface area contributed by atoms with Crippen molar-refractivity contribution in [1.82, 2.24) is 19.7 Å². The highest BCUT2D eigenvalue weighted by Gasteiger charge is 2.17. The van der Waals surface area contributed by atoms with Crippen LogP contribution in [0.2, 0.25) is 0 Å².